The van der Waals surface area contributed by atoms with Crippen LogP contribution in [0, 0.1) is 0 Å². The zero-order valence-electron chi connectivity index (χ0n) is 16.5. The molecule has 0 saturated carbocycles. The van der Waals surface area contributed by atoms with Crippen molar-refractivity contribution >= 4 is 5.91 Å². The van der Waals surface area contributed by atoms with Gasteiger partial charge in [0.15, 0.2) is 0 Å². The Bertz CT molecular complexity index is 663. The molecule has 148 valence electrons. The Balaban J connectivity index is 1.41. The van der Waals surface area contributed by atoms with E-state index in [4.69, 9.17) is 0 Å². The van der Waals surface area contributed by atoms with Crippen LogP contribution in [0.2, 0.25) is 0 Å². The van der Waals surface area contributed by atoms with Gasteiger partial charge in [-0.15, -0.1) is 0 Å². The van der Waals surface area contributed by atoms with Crippen molar-refractivity contribution in [2.45, 2.75) is 50.7 Å². The number of hydrogen-bond donors (Lipinski definition) is 0. The molecule has 0 aliphatic carbocycles. The summed E-state index contributed by atoms with van der Waals surface area (Å²) in [6.45, 7) is 8.02. The first-order chi connectivity index (χ1) is 13.1. The van der Waals surface area contributed by atoms with E-state index in [1.807, 2.05) is 4.90 Å². The molecule has 4 nitrogen and oxygen atoms in total. The molecule has 0 atom stereocenters. The fraction of sp³-hybridized carbons (Fsp3) is 0.682. The number of carbonyl (C=O) groups is 1. The van der Waals surface area contributed by atoms with Gasteiger partial charge < -0.3 is 4.90 Å². The topological polar surface area (TPSA) is 26.8 Å². The fourth-order valence-electron chi connectivity index (χ4n) is 5.35. The van der Waals surface area contributed by atoms with Crippen molar-refractivity contribution in [3.05, 3.63) is 35.4 Å². The molecule has 1 amide bonds. The van der Waals surface area contributed by atoms with Crippen LogP contribution in [0.1, 0.15) is 43.7 Å². The molecule has 1 aromatic rings. The maximum atomic E-state index is 13.3. The van der Waals surface area contributed by atoms with Crippen molar-refractivity contribution in [1.82, 2.24) is 14.7 Å². The number of halogens is 1. The summed E-state index contributed by atoms with van der Waals surface area (Å²) < 4.78 is 13.3. The Morgan fingerprint density at radius 1 is 1.11 bits per heavy atom. The summed E-state index contributed by atoms with van der Waals surface area (Å²) in [5, 5.41) is 0. The predicted octanol–water partition coefficient (Wildman–Crippen LogP) is 2.82. The summed E-state index contributed by atoms with van der Waals surface area (Å²) in [5.74, 6) is 0.175. The lowest BCUT2D eigenvalue weighted by atomic mass is 9.74. The Labute approximate surface area is 162 Å². The third-order valence-electron chi connectivity index (χ3n) is 6.98. The van der Waals surface area contributed by atoms with Gasteiger partial charge in [0.2, 0.25) is 5.91 Å². The Kier molecular flexibility index (Phi) is 5.51. The molecule has 0 aromatic heterocycles. The van der Waals surface area contributed by atoms with Gasteiger partial charge in [-0.1, -0.05) is 31.2 Å². The molecular formula is C22H32FN3O. The minimum atomic E-state index is -0.727. The highest BCUT2D eigenvalue weighted by Crippen LogP contribution is 2.43. The lowest BCUT2D eigenvalue weighted by Crippen LogP contribution is -2.57. The zero-order valence-corrected chi connectivity index (χ0v) is 16.5. The summed E-state index contributed by atoms with van der Waals surface area (Å²) in [6, 6.07) is 8.93. The van der Waals surface area contributed by atoms with Gasteiger partial charge in [-0.25, -0.2) is 4.39 Å². The number of likely N-dealkylation sites (tertiary alicyclic amines) is 2. The number of carbonyl (C=O) groups excluding carboxylic acids is 1. The average Bonchev–Trinajstić information content (AvgIpc) is 2.70. The number of piperidine rings is 2. The molecule has 4 rings (SSSR count). The zero-order chi connectivity index (χ0) is 18.9. The molecule has 0 bridgehead atoms. The van der Waals surface area contributed by atoms with Crippen LogP contribution in [0.5, 0.6) is 0 Å². The number of nitrogens with zero attached hydrogens (tertiary/aromatic N) is 3. The van der Waals surface area contributed by atoms with E-state index < -0.39 is 6.17 Å². The van der Waals surface area contributed by atoms with E-state index in [9.17, 15) is 9.18 Å². The molecule has 27 heavy (non-hydrogen) atoms. The standard InChI is InChI=1S/C22H32FN3O/c1-2-26-14-7-18-5-3-4-6-20(18)22(26)10-15-24(16-11-22)17-21(27)25-12-8-19(23)9-13-25/h3-6,19H,2,7-17H2,1H3. The van der Waals surface area contributed by atoms with Crippen molar-refractivity contribution < 1.29 is 9.18 Å². The highest BCUT2D eigenvalue weighted by atomic mass is 19.1. The van der Waals surface area contributed by atoms with Gasteiger partial charge in [0.25, 0.3) is 0 Å². The lowest BCUT2D eigenvalue weighted by Gasteiger charge is -2.52. The van der Waals surface area contributed by atoms with E-state index >= 15 is 0 Å². The molecule has 5 heteroatoms. The molecule has 3 aliphatic heterocycles. The molecule has 1 aromatic carbocycles. The highest BCUT2D eigenvalue weighted by Gasteiger charge is 2.44. The van der Waals surface area contributed by atoms with Crippen molar-refractivity contribution in [3.8, 4) is 0 Å². The van der Waals surface area contributed by atoms with Gasteiger partial charge >= 0.3 is 0 Å². The smallest absolute Gasteiger partial charge is 0.236 e. The van der Waals surface area contributed by atoms with E-state index in [1.165, 1.54) is 11.1 Å². The van der Waals surface area contributed by atoms with E-state index in [0.29, 0.717) is 32.5 Å². The van der Waals surface area contributed by atoms with Gasteiger partial charge in [0.05, 0.1) is 6.54 Å². The maximum absolute atomic E-state index is 13.3. The van der Waals surface area contributed by atoms with Gasteiger partial charge in [0, 0.05) is 38.3 Å². The maximum Gasteiger partial charge on any atom is 0.236 e. The molecule has 3 aliphatic rings. The first-order valence-corrected chi connectivity index (χ1v) is 10.6. The van der Waals surface area contributed by atoms with Crippen LogP contribution in [0.25, 0.3) is 0 Å². The van der Waals surface area contributed by atoms with E-state index in [2.05, 4.69) is 41.0 Å². The van der Waals surface area contributed by atoms with E-state index in [-0.39, 0.29) is 11.4 Å². The second kappa shape index (κ2) is 7.88. The van der Waals surface area contributed by atoms with Crippen LogP contribution < -0.4 is 0 Å². The van der Waals surface area contributed by atoms with Crippen LogP contribution in [0.4, 0.5) is 4.39 Å². The van der Waals surface area contributed by atoms with Gasteiger partial charge in [-0.2, -0.15) is 0 Å². The first kappa shape index (κ1) is 18.9. The number of hydrogen-bond acceptors (Lipinski definition) is 3. The molecule has 3 heterocycles. The van der Waals surface area contributed by atoms with Crippen molar-refractivity contribution in [2.75, 3.05) is 45.8 Å². The Morgan fingerprint density at radius 3 is 2.52 bits per heavy atom. The number of benzene rings is 1. The summed E-state index contributed by atoms with van der Waals surface area (Å²) in [4.78, 5) is 19.4. The SMILES string of the molecule is CCN1CCc2ccccc2C12CCN(CC(=O)N1CCC(F)CC1)CC2. The second-order valence-electron chi connectivity index (χ2n) is 8.35. The summed E-state index contributed by atoms with van der Waals surface area (Å²) in [7, 11) is 0. The number of likely N-dealkylation sites (N-methyl/N-ethyl adjacent to an activating group) is 1. The molecule has 2 fully saturated rings. The minimum Gasteiger partial charge on any atom is -0.341 e. The third-order valence-corrected chi connectivity index (χ3v) is 6.98. The van der Waals surface area contributed by atoms with Crippen LogP contribution in [0.3, 0.4) is 0 Å². The monoisotopic (exact) mass is 373 g/mol. The van der Waals surface area contributed by atoms with Crippen LogP contribution in [0.15, 0.2) is 24.3 Å². The van der Waals surface area contributed by atoms with Crippen molar-refractivity contribution in [2.24, 2.45) is 0 Å². The van der Waals surface area contributed by atoms with Crippen LogP contribution in [-0.2, 0) is 16.8 Å². The van der Waals surface area contributed by atoms with Gasteiger partial charge in [-0.3, -0.25) is 14.6 Å². The largest absolute Gasteiger partial charge is 0.341 e. The number of amides is 1. The molecule has 0 unspecified atom stereocenters. The second-order valence-corrected chi connectivity index (χ2v) is 8.35. The normalized spacial score (nSPS) is 24.1. The molecule has 0 N–H and O–H groups in total. The van der Waals surface area contributed by atoms with Crippen LogP contribution >= 0.6 is 0 Å². The molecule has 2 saturated heterocycles. The predicted molar refractivity (Wildman–Crippen MR) is 105 cm³/mol. The highest BCUT2D eigenvalue weighted by molar-refractivity contribution is 5.78. The third kappa shape index (κ3) is 3.64. The average molecular weight is 374 g/mol. The Hall–Kier alpha value is -1.46. The van der Waals surface area contributed by atoms with Crippen LogP contribution in [-0.4, -0.2) is 72.6 Å². The Morgan fingerprint density at radius 2 is 1.81 bits per heavy atom. The number of fused-ring (bicyclic) bond motifs is 2. The molecule has 0 radical (unpaired) electrons. The minimum absolute atomic E-state index is 0.135. The number of alkyl halides is 1. The van der Waals surface area contributed by atoms with Gasteiger partial charge in [0.1, 0.15) is 6.17 Å². The van der Waals surface area contributed by atoms with E-state index in [1.54, 1.807) is 0 Å². The quantitative estimate of drug-likeness (QED) is 0.815. The lowest BCUT2D eigenvalue weighted by molar-refractivity contribution is -0.134. The summed E-state index contributed by atoms with van der Waals surface area (Å²) in [6.07, 6.45) is 3.57. The summed E-state index contributed by atoms with van der Waals surface area (Å²) >= 11 is 0. The van der Waals surface area contributed by atoms with Crippen molar-refractivity contribution in [1.29, 1.82) is 0 Å². The van der Waals surface area contributed by atoms with Crippen molar-refractivity contribution in [3.63, 3.8) is 0 Å². The fourth-order valence-corrected chi connectivity index (χ4v) is 5.35. The number of rotatable bonds is 3. The van der Waals surface area contributed by atoms with Gasteiger partial charge in [-0.05, 0) is 49.8 Å². The molecule has 1 spiro atoms. The van der Waals surface area contributed by atoms with E-state index in [0.717, 1.165) is 45.4 Å². The summed E-state index contributed by atoms with van der Waals surface area (Å²) in [5.41, 5.74) is 3.14. The molecular weight excluding hydrogens is 341 g/mol. The first-order valence-electron chi connectivity index (χ1n) is 10.6.